The predicted molar refractivity (Wildman–Crippen MR) is 110 cm³/mol. The van der Waals surface area contributed by atoms with Gasteiger partial charge >= 0.3 is 0 Å². The monoisotopic (exact) mass is 371 g/mol. The molecule has 2 aromatic carbocycles. The fourth-order valence-corrected chi connectivity index (χ4v) is 3.72. The van der Waals surface area contributed by atoms with E-state index in [1.54, 1.807) is 6.20 Å². The number of aromatic nitrogens is 1. The van der Waals surface area contributed by atoms with Crippen LogP contribution in [0.25, 0.3) is 22.1 Å². The summed E-state index contributed by atoms with van der Waals surface area (Å²) in [5, 5.41) is 1.50. The molecule has 0 saturated carbocycles. The molecule has 0 saturated heterocycles. The maximum atomic E-state index is 13.4. The molecule has 0 aliphatic rings. The van der Waals surface area contributed by atoms with E-state index >= 15 is 0 Å². The Kier molecular flexibility index (Phi) is 4.62. The third-order valence-corrected chi connectivity index (χ3v) is 5.15. The first kappa shape index (κ1) is 17.3. The Morgan fingerprint density at radius 1 is 1.07 bits per heavy atom. The summed E-state index contributed by atoms with van der Waals surface area (Å²) in [5.74, 6) is 6.95. The fraction of sp³-hybridized carbons (Fsp3) is 0.130. The second-order valence-corrected chi connectivity index (χ2v) is 7.36. The minimum atomic E-state index is -0.0373. The zero-order chi connectivity index (χ0) is 18.8. The lowest BCUT2D eigenvalue weighted by molar-refractivity contribution is 0.546. The topological polar surface area (TPSA) is 43.1 Å². The molecule has 3 nitrogen and oxygen atoms in total. The molecule has 0 radical (unpaired) electrons. The number of hydrogen-bond acceptors (Lipinski definition) is 4. The van der Waals surface area contributed by atoms with Gasteiger partial charge in [-0.05, 0) is 30.5 Å². The van der Waals surface area contributed by atoms with Gasteiger partial charge in [-0.25, -0.2) is 4.98 Å². The predicted octanol–water partition coefficient (Wildman–Crippen LogP) is 5.19. The molecule has 0 aliphatic heterocycles. The number of nitrogens with zero attached hydrogens (tertiary/aromatic N) is 1. The lowest BCUT2D eigenvalue weighted by atomic mass is 9.99. The molecular weight excluding hydrogens is 354 g/mol. The average Bonchev–Trinajstić information content (AvgIpc) is 3.11. The Balaban J connectivity index is 1.98. The second-order valence-electron chi connectivity index (χ2n) is 6.12. The van der Waals surface area contributed by atoms with Crippen molar-refractivity contribution >= 4 is 22.3 Å². The summed E-state index contributed by atoms with van der Waals surface area (Å²) in [6, 6.07) is 15.2. The van der Waals surface area contributed by atoms with Crippen molar-refractivity contribution in [3.63, 3.8) is 0 Å². The summed E-state index contributed by atoms with van der Waals surface area (Å²) in [5.41, 5.74) is 2.69. The van der Waals surface area contributed by atoms with Crippen LogP contribution >= 0.6 is 11.3 Å². The maximum Gasteiger partial charge on any atom is 0.202 e. The third-order valence-electron chi connectivity index (χ3n) is 4.32. The molecule has 0 unspecified atom stereocenters. The Morgan fingerprint density at radius 2 is 1.89 bits per heavy atom. The summed E-state index contributed by atoms with van der Waals surface area (Å²) in [6.45, 7) is 3.94. The smallest absolute Gasteiger partial charge is 0.202 e. The van der Waals surface area contributed by atoms with Crippen molar-refractivity contribution in [2.24, 2.45) is 0 Å². The molecule has 0 amide bonds. The zero-order valence-electron chi connectivity index (χ0n) is 15.1. The highest BCUT2D eigenvalue weighted by molar-refractivity contribution is 7.12. The SMILES string of the molecule is CCc1oc2cccc(C#Cc3cnc(C)s3)c2c(=O)c1-c1ccccc1. The zero-order valence-corrected chi connectivity index (χ0v) is 15.9. The van der Waals surface area contributed by atoms with Crippen molar-refractivity contribution in [2.75, 3.05) is 0 Å². The normalized spacial score (nSPS) is 10.6. The van der Waals surface area contributed by atoms with Crippen LogP contribution in [0.15, 0.2) is 63.9 Å². The van der Waals surface area contributed by atoms with E-state index < -0.39 is 0 Å². The highest BCUT2D eigenvalue weighted by Crippen LogP contribution is 2.26. The van der Waals surface area contributed by atoms with Crippen LogP contribution in [0.2, 0.25) is 0 Å². The Hall–Kier alpha value is -3.16. The summed E-state index contributed by atoms with van der Waals surface area (Å²) in [4.78, 5) is 18.5. The molecule has 4 aromatic rings. The minimum Gasteiger partial charge on any atom is -0.460 e. The van der Waals surface area contributed by atoms with E-state index in [9.17, 15) is 4.79 Å². The van der Waals surface area contributed by atoms with Crippen LogP contribution in [0.3, 0.4) is 0 Å². The lowest BCUT2D eigenvalue weighted by Crippen LogP contribution is -2.10. The minimum absolute atomic E-state index is 0.0373. The van der Waals surface area contributed by atoms with Gasteiger partial charge in [0.2, 0.25) is 5.43 Å². The van der Waals surface area contributed by atoms with Crippen LogP contribution in [0.4, 0.5) is 0 Å². The molecule has 4 rings (SSSR count). The van der Waals surface area contributed by atoms with Gasteiger partial charge in [0, 0.05) is 12.0 Å². The second kappa shape index (κ2) is 7.22. The summed E-state index contributed by atoms with van der Waals surface area (Å²) in [7, 11) is 0. The molecule has 0 fully saturated rings. The van der Waals surface area contributed by atoms with Gasteiger partial charge in [0.1, 0.15) is 11.3 Å². The molecule has 132 valence electrons. The highest BCUT2D eigenvalue weighted by atomic mass is 32.1. The van der Waals surface area contributed by atoms with Gasteiger partial charge in [-0.1, -0.05) is 49.2 Å². The standard InChI is InChI=1S/C23H17NO2S/c1-3-19-21(16-8-5-4-6-9-16)23(25)22-17(10-7-11-20(22)26-19)12-13-18-14-24-15(2)27-18/h4-11,14H,3H2,1-2H3. The number of rotatable bonds is 2. The summed E-state index contributed by atoms with van der Waals surface area (Å²) >= 11 is 1.54. The summed E-state index contributed by atoms with van der Waals surface area (Å²) < 4.78 is 6.10. The van der Waals surface area contributed by atoms with E-state index in [1.165, 1.54) is 11.3 Å². The quantitative estimate of drug-likeness (QED) is 0.456. The third kappa shape index (κ3) is 3.30. The van der Waals surface area contributed by atoms with Crippen LogP contribution in [0.5, 0.6) is 0 Å². The van der Waals surface area contributed by atoms with Crippen molar-refractivity contribution in [1.29, 1.82) is 0 Å². The van der Waals surface area contributed by atoms with Gasteiger partial charge in [-0.15, -0.1) is 11.3 Å². The lowest BCUT2D eigenvalue weighted by Gasteiger charge is -2.09. The average molecular weight is 371 g/mol. The van der Waals surface area contributed by atoms with E-state index in [4.69, 9.17) is 4.42 Å². The molecule has 27 heavy (non-hydrogen) atoms. The Morgan fingerprint density at radius 3 is 2.59 bits per heavy atom. The van der Waals surface area contributed by atoms with Crippen LogP contribution < -0.4 is 5.43 Å². The fourth-order valence-electron chi connectivity index (χ4n) is 3.08. The van der Waals surface area contributed by atoms with E-state index in [-0.39, 0.29) is 5.43 Å². The summed E-state index contributed by atoms with van der Waals surface area (Å²) in [6.07, 6.45) is 2.40. The van der Waals surface area contributed by atoms with Crippen LogP contribution in [0, 0.1) is 18.8 Å². The van der Waals surface area contributed by atoms with E-state index in [2.05, 4.69) is 16.8 Å². The van der Waals surface area contributed by atoms with Gasteiger partial charge in [-0.2, -0.15) is 0 Å². The molecule has 0 spiro atoms. The number of fused-ring (bicyclic) bond motifs is 1. The number of aryl methyl sites for hydroxylation is 2. The van der Waals surface area contributed by atoms with Crippen molar-refractivity contribution in [2.45, 2.75) is 20.3 Å². The molecule has 0 aliphatic carbocycles. The molecule has 0 N–H and O–H groups in total. The van der Waals surface area contributed by atoms with Gasteiger partial charge in [-0.3, -0.25) is 4.79 Å². The molecule has 0 bridgehead atoms. The Labute approximate surface area is 161 Å². The molecule has 4 heteroatoms. The van der Waals surface area contributed by atoms with Crippen LogP contribution in [-0.2, 0) is 6.42 Å². The number of hydrogen-bond donors (Lipinski definition) is 0. The maximum absolute atomic E-state index is 13.4. The van der Waals surface area contributed by atoms with Gasteiger partial charge in [0.15, 0.2) is 0 Å². The first-order valence-corrected chi connectivity index (χ1v) is 9.57. The molecule has 2 heterocycles. The van der Waals surface area contributed by atoms with Crippen molar-refractivity contribution in [3.05, 3.63) is 86.2 Å². The molecular formula is C23H17NO2S. The largest absolute Gasteiger partial charge is 0.460 e. The Bertz CT molecular complexity index is 1240. The first-order valence-electron chi connectivity index (χ1n) is 8.76. The van der Waals surface area contributed by atoms with Gasteiger partial charge < -0.3 is 4.42 Å². The van der Waals surface area contributed by atoms with E-state index in [0.29, 0.717) is 34.3 Å². The first-order chi connectivity index (χ1) is 13.2. The van der Waals surface area contributed by atoms with E-state index in [0.717, 1.165) is 15.4 Å². The van der Waals surface area contributed by atoms with Crippen LogP contribution in [-0.4, -0.2) is 4.98 Å². The van der Waals surface area contributed by atoms with Crippen molar-refractivity contribution in [1.82, 2.24) is 4.98 Å². The van der Waals surface area contributed by atoms with Gasteiger partial charge in [0.25, 0.3) is 0 Å². The highest BCUT2D eigenvalue weighted by Gasteiger charge is 2.16. The van der Waals surface area contributed by atoms with Crippen LogP contribution in [0.1, 0.15) is 28.1 Å². The number of thiazole rings is 1. The van der Waals surface area contributed by atoms with Crippen molar-refractivity contribution < 1.29 is 4.42 Å². The molecule has 0 atom stereocenters. The van der Waals surface area contributed by atoms with Gasteiger partial charge in [0.05, 0.1) is 27.0 Å². The molecule has 2 aromatic heterocycles. The number of benzene rings is 2. The van der Waals surface area contributed by atoms with E-state index in [1.807, 2.05) is 62.4 Å². The van der Waals surface area contributed by atoms with Crippen molar-refractivity contribution in [3.8, 4) is 23.0 Å².